The van der Waals surface area contributed by atoms with E-state index in [2.05, 4.69) is 14.9 Å². The van der Waals surface area contributed by atoms with Crippen LogP contribution in [-0.2, 0) is 6.54 Å². The fraction of sp³-hybridized carbons (Fsp3) is 0.500. The van der Waals surface area contributed by atoms with Gasteiger partial charge in [0.05, 0.1) is 0 Å². The molecular weight excluding hydrogens is 216 g/mol. The molecule has 0 spiro atoms. The van der Waals surface area contributed by atoms with E-state index in [9.17, 15) is 4.79 Å². The highest BCUT2D eigenvalue weighted by molar-refractivity contribution is 5.91. The summed E-state index contributed by atoms with van der Waals surface area (Å²) in [5.41, 5.74) is 8.42. The van der Waals surface area contributed by atoms with Crippen molar-refractivity contribution in [1.29, 1.82) is 0 Å². The minimum absolute atomic E-state index is 0.374. The largest absolute Gasteiger partial charge is 0.364 e. The molecule has 17 heavy (non-hydrogen) atoms. The van der Waals surface area contributed by atoms with Gasteiger partial charge in [-0.2, -0.15) is 0 Å². The van der Waals surface area contributed by atoms with Crippen molar-refractivity contribution in [2.75, 3.05) is 13.1 Å². The third-order valence-electron chi connectivity index (χ3n) is 3.51. The summed E-state index contributed by atoms with van der Waals surface area (Å²) in [5, 5.41) is 3.36. The average molecular weight is 232 g/mol. The number of amides is 1. The molecule has 0 radical (unpaired) electrons. The zero-order valence-corrected chi connectivity index (χ0v) is 9.70. The number of aryl methyl sites for hydroxylation is 1. The Morgan fingerprint density at radius 2 is 2.35 bits per heavy atom. The monoisotopic (exact) mass is 232 g/mol. The summed E-state index contributed by atoms with van der Waals surface area (Å²) < 4.78 is 2.06. The van der Waals surface area contributed by atoms with Gasteiger partial charge in [-0.25, -0.2) is 4.98 Å². The highest BCUT2D eigenvalue weighted by Crippen LogP contribution is 2.29. The molecule has 90 valence electrons. The summed E-state index contributed by atoms with van der Waals surface area (Å²) in [4.78, 5) is 15.6. The smallest absolute Gasteiger partial charge is 0.268 e. The molecule has 1 aromatic rings. The zero-order chi connectivity index (χ0) is 11.8. The Hall–Kier alpha value is -1.62. The second kappa shape index (κ2) is 4.00. The second-order valence-corrected chi connectivity index (χ2v) is 4.62. The lowest BCUT2D eigenvalue weighted by Gasteiger charge is -2.18. The van der Waals surface area contributed by atoms with Gasteiger partial charge in [-0.05, 0) is 25.8 Å². The van der Waals surface area contributed by atoms with Crippen molar-refractivity contribution in [1.82, 2.24) is 14.9 Å². The molecule has 1 aromatic heterocycles. The number of rotatable bonds is 1. The first-order chi connectivity index (χ1) is 8.25. The van der Waals surface area contributed by atoms with E-state index in [1.54, 1.807) is 6.20 Å². The molecule has 0 bridgehead atoms. The maximum Gasteiger partial charge on any atom is 0.268 e. The lowest BCUT2D eigenvalue weighted by atomic mass is 9.98. The minimum Gasteiger partial charge on any atom is -0.364 e. The number of nitrogens with one attached hydrogen (secondary N) is 1. The number of nitrogens with two attached hydrogens (primary N) is 1. The topological polar surface area (TPSA) is 72.9 Å². The van der Waals surface area contributed by atoms with E-state index in [0.29, 0.717) is 5.69 Å². The first-order valence-corrected chi connectivity index (χ1v) is 6.04. The summed E-state index contributed by atoms with van der Waals surface area (Å²) in [6.45, 7) is 2.81. The first-order valence-electron chi connectivity index (χ1n) is 6.04. The third kappa shape index (κ3) is 1.76. The van der Waals surface area contributed by atoms with Gasteiger partial charge >= 0.3 is 0 Å². The van der Waals surface area contributed by atoms with Gasteiger partial charge in [-0.1, -0.05) is 5.57 Å². The van der Waals surface area contributed by atoms with E-state index in [-0.39, 0.29) is 0 Å². The van der Waals surface area contributed by atoms with Gasteiger partial charge in [-0.15, -0.1) is 0 Å². The molecule has 1 amide bonds. The van der Waals surface area contributed by atoms with Crippen LogP contribution in [0.25, 0.3) is 5.57 Å². The SMILES string of the molecule is NC(=O)c1cn2c(n1)C1=C(CCC2)CCNC1. The van der Waals surface area contributed by atoms with Crippen molar-refractivity contribution in [2.45, 2.75) is 25.8 Å². The quantitative estimate of drug-likeness (QED) is 0.741. The van der Waals surface area contributed by atoms with E-state index in [4.69, 9.17) is 5.73 Å². The second-order valence-electron chi connectivity index (χ2n) is 4.62. The van der Waals surface area contributed by atoms with Crippen LogP contribution in [0, 0.1) is 0 Å². The third-order valence-corrected chi connectivity index (χ3v) is 3.51. The highest BCUT2D eigenvalue weighted by Gasteiger charge is 2.22. The number of fused-ring (bicyclic) bond motifs is 2. The van der Waals surface area contributed by atoms with Crippen molar-refractivity contribution >= 4 is 11.5 Å². The minimum atomic E-state index is -0.448. The van der Waals surface area contributed by atoms with E-state index < -0.39 is 5.91 Å². The van der Waals surface area contributed by atoms with E-state index >= 15 is 0 Å². The average Bonchev–Trinajstić information content (AvgIpc) is 2.67. The Bertz CT molecular complexity index is 501. The normalized spacial score (nSPS) is 19.5. The molecule has 2 aliphatic rings. The summed E-state index contributed by atoms with van der Waals surface area (Å²) >= 11 is 0. The Balaban J connectivity index is 2.10. The van der Waals surface area contributed by atoms with Crippen molar-refractivity contribution in [2.24, 2.45) is 5.73 Å². The highest BCUT2D eigenvalue weighted by atomic mass is 16.1. The van der Waals surface area contributed by atoms with Crippen LogP contribution in [0.3, 0.4) is 0 Å². The van der Waals surface area contributed by atoms with Crippen LogP contribution in [0.4, 0.5) is 0 Å². The van der Waals surface area contributed by atoms with Gasteiger partial charge in [0.2, 0.25) is 0 Å². The van der Waals surface area contributed by atoms with Crippen LogP contribution in [0.1, 0.15) is 35.6 Å². The van der Waals surface area contributed by atoms with E-state index in [0.717, 1.165) is 44.7 Å². The number of hydrogen-bond acceptors (Lipinski definition) is 3. The molecule has 3 rings (SSSR count). The van der Waals surface area contributed by atoms with Crippen LogP contribution in [-0.4, -0.2) is 28.5 Å². The van der Waals surface area contributed by atoms with Crippen LogP contribution in [0.15, 0.2) is 11.8 Å². The summed E-state index contributed by atoms with van der Waals surface area (Å²) in [5.74, 6) is 0.481. The molecule has 2 aliphatic heterocycles. The molecule has 0 saturated carbocycles. The Morgan fingerprint density at radius 3 is 3.18 bits per heavy atom. The van der Waals surface area contributed by atoms with Crippen LogP contribution in [0.2, 0.25) is 0 Å². The molecule has 0 unspecified atom stereocenters. The maximum absolute atomic E-state index is 11.2. The van der Waals surface area contributed by atoms with Crippen molar-refractivity contribution in [3.05, 3.63) is 23.3 Å². The number of nitrogens with zero attached hydrogens (tertiary/aromatic N) is 2. The van der Waals surface area contributed by atoms with Crippen LogP contribution < -0.4 is 11.1 Å². The molecule has 0 atom stereocenters. The number of carbonyl (C=O) groups excluding carboxylic acids is 1. The molecule has 3 N–H and O–H groups in total. The van der Waals surface area contributed by atoms with Gasteiger partial charge < -0.3 is 15.6 Å². The molecule has 5 heteroatoms. The van der Waals surface area contributed by atoms with Gasteiger partial charge in [0, 0.05) is 24.9 Å². The lowest BCUT2D eigenvalue weighted by molar-refractivity contribution is 0.0996. The zero-order valence-electron chi connectivity index (χ0n) is 9.70. The molecule has 0 saturated heterocycles. The van der Waals surface area contributed by atoms with Crippen LogP contribution in [0.5, 0.6) is 0 Å². The number of primary amides is 1. The predicted octanol–water partition coefficient (Wildman–Crippen LogP) is 0.523. The molecule has 5 nitrogen and oxygen atoms in total. The lowest BCUT2D eigenvalue weighted by Crippen LogP contribution is -2.25. The van der Waals surface area contributed by atoms with Crippen molar-refractivity contribution in [3.63, 3.8) is 0 Å². The van der Waals surface area contributed by atoms with Crippen molar-refractivity contribution in [3.8, 4) is 0 Å². The Kier molecular flexibility index (Phi) is 2.48. The van der Waals surface area contributed by atoms with Gasteiger partial charge in [0.1, 0.15) is 11.5 Å². The Labute approximate surface area is 99.7 Å². The van der Waals surface area contributed by atoms with Gasteiger partial charge in [0.15, 0.2) is 0 Å². The van der Waals surface area contributed by atoms with E-state index in [1.165, 1.54) is 11.1 Å². The van der Waals surface area contributed by atoms with Gasteiger partial charge in [0.25, 0.3) is 5.91 Å². The molecular formula is C12H16N4O. The Morgan fingerprint density at radius 1 is 1.47 bits per heavy atom. The summed E-state index contributed by atoms with van der Waals surface area (Å²) in [7, 11) is 0. The molecule has 0 aromatic carbocycles. The molecule has 3 heterocycles. The number of imidazole rings is 1. The standard InChI is InChI=1S/C12H16N4O/c13-11(17)10-7-16-5-1-2-8-3-4-14-6-9(8)12(16)15-10/h7,14H,1-6H2,(H2,13,17). The van der Waals surface area contributed by atoms with Crippen molar-refractivity contribution < 1.29 is 4.79 Å². The van der Waals surface area contributed by atoms with E-state index in [1.807, 2.05) is 0 Å². The number of hydrogen-bond donors (Lipinski definition) is 2. The predicted molar refractivity (Wildman–Crippen MR) is 64.4 cm³/mol. The maximum atomic E-state index is 11.2. The summed E-state index contributed by atoms with van der Waals surface area (Å²) in [6, 6.07) is 0. The fourth-order valence-corrected chi connectivity index (χ4v) is 2.65. The number of aromatic nitrogens is 2. The van der Waals surface area contributed by atoms with Gasteiger partial charge in [-0.3, -0.25) is 4.79 Å². The van der Waals surface area contributed by atoms with Crippen LogP contribution >= 0.6 is 0 Å². The fourth-order valence-electron chi connectivity index (χ4n) is 2.65. The summed E-state index contributed by atoms with van der Waals surface area (Å²) in [6.07, 6.45) is 5.13. The number of carbonyl (C=O) groups is 1. The molecule has 0 aliphatic carbocycles. The first kappa shape index (κ1) is 10.5. The molecule has 0 fully saturated rings.